The highest BCUT2D eigenvalue weighted by Gasteiger charge is 2.24. The van der Waals surface area contributed by atoms with E-state index in [4.69, 9.17) is 5.11 Å². The summed E-state index contributed by atoms with van der Waals surface area (Å²) in [5.74, 6) is 0.607. The van der Waals surface area contributed by atoms with Gasteiger partial charge in [0.05, 0.1) is 6.61 Å². The Hall–Kier alpha value is -1.81. The third-order valence-electron chi connectivity index (χ3n) is 4.33. The van der Waals surface area contributed by atoms with Crippen LogP contribution in [0.2, 0.25) is 0 Å². The van der Waals surface area contributed by atoms with Crippen LogP contribution in [0.15, 0.2) is 43.0 Å². The first-order valence-electron chi connectivity index (χ1n) is 8.06. The molecule has 4 nitrogen and oxygen atoms in total. The Morgan fingerprint density at radius 2 is 1.95 bits per heavy atom. The van der Waals surface area contributed by atoms with Crippen LogP contribution in [0.4, 0.5) is 4.79 Å². The van der Waals surface area contributed by atoms with Gasteiger partial charge < -0.3 is 15.3 Å². The average Bonchev–Trinajstić information content (AvgIpc) is 2.56. The minimum Gasteiger partial charge on any atom is -0.395 e. The molecule has 1 saturated carbocycles. The molecule has 2 N–H and O–H groups in total. The van der Waals surface area contributed by atoms with E-state index in [0.29, 0.717) is 19.0 Å². The van der Waals surface area contributed by atoms with Crippen LogP contribution in [0.5, 0.6) is 0 Å². The molecule has 0 unspecified atom stereocenters. The van der Waals surface area contributed by atoms with E-state index in [1.807, 2.05) is 6.07 Å². The van der Waals surface area contributed by atoms with Crippen molar-refractivity contribution in [2.75, 3.05) is 19.7 Å². The van der Waals surface area contributed by atoms with Gasteiger partial charge in [-0.05, 0) is 37.2 Å². The quantitative estimate of drug-likeness (QED) is 0.794. The summed E-state index contributed by atoms with van der Waals surface area (Å²) in [7, 11) is 0. The molecule has 0 saturated heterocycles. The van der Waals surface area contributed by atoms with Crippen molar-refractivity contribution < 1.29 is 9.90 Å². The van der Waals surface area contributed by atoms with Gasteiger partial charge in [-0.2, -0.15) is 0 Å². The van der Waals surface area contributed by atoms with Gasteiger partial charge >= 0.3 is 6.03 Å². The summed E-state index contributed by atoms with van der Waals surface area (Å²) in [4.78, 5) is 13.8. The number of aliphatic hydroxyl groups is 1. The fraction of sp³-hybridized carbons (Fsp3) is 0.500. The Morgan fingerprint density at radius 1 is 1.27 bits per heavy atom. The van der Waals surface area contributed by atoms with Crippen LogP contribution in [-0.2, 0) is 0 Å². The maximum Gasteiger partial charge on any atom is 0.317 e. The third-order valence-corrected chi connectivity index (χ3v) is 4.33. The molecule has 1 aliphatic rings. The lowest BCUT2D eigenvalue weighted by Gasteiger charge is -2.31. The van der Waals surface area contributed by atoms with Crippen LogP contribution in [0.1, 0.15) is 37.2 Å². The van der Waals surface area contributed by atoms with E-state index in [2.05, 4.69) is 36.2 Å². The molecule has 0 radical (unpaired) electrons. The Bertz CT molecular complexity index is 467. The summed E-state index contributed by atoms with van der Waals surface area (Å²) in [6.07, 6.45) is 5.91. The molecule has 4 heteroatoms. The molecule has 2 amide bonds. The summed E-state index contributed by atoms with van der Waals surface area (Å²) >= 11 is 0. The van der Waals surface area contributed by atoms with Crippen LogP contribution in [0.25, 0.3) is 0 Å². The predicted octanol–water partition coefficient (Wildman–Crippen LogP) is 2.90. The van der Waals surface area contributed by atoms with Crippen molar-refractivity contribution in [1.82, 2.24) is 10.2 Å². The Kier molecular flexibility index (Phi) is 6.46. The molecule has 0 bridgehead atoms. The second kappa shape index (κ2) is 8.59. The minimum atomic E-state index is -0.0999. The first kappa shape index (κ1) is 16.6. The van der Waals surface area contributed by atoms with Crippen LogP contribution in [0, 0.1) is 0 Å². The largest absolute Gasteiger partial charge is 0.395 e. The van der Waals surface area contributed by atoms with Crippen LogP contribution in [0.3, 0.4) is 0 Å². The van der Waals surface area contributed by atoms with Crippen molar-refractivity contribution >= 4 is 6.03 Å². The molecule has 0 aliphatic heterocycles. The lowest BCUT2D eigenvalue weighted by molar-refractivity contribution is 0.177. The van der Waals surface area contributed by atoms with Crippen molar-refractivity contribution in [3.63, 3.8) is 0 Å². The van der Waals surface area contributed by atoms with E-state index in [-0.39, 0.29) is 18.7 Å². The van der Waals surface area contributed by atoms with Gasteiger partial charge in [0.2, 0.25) is 0 Å². The monoisotopic (exact) mass is 302 g/mol. The number of rotatable bonds is 6. The van der Waals surface area contributed by atoms with E-state index in [1.54, 1.807) is 11.0 Å². The van der Waals surface area contributed by atoms with Crippen molar-refractivity contribution in [1.29, 1.82) is 0 Å². The van der Waals surface area contributed by atoms with E-state index >= 15 is 0 Å². The van der Waals surface area contributed by atoms with E-state index in [9.17, 15) is 4.79 Å². The molecule has 1 fully saturated rings. The molecule has 1 aromatic carbocycles. The second-order valence-corrected chi connectivity index (χ2v) is 5.87. The standard InChI is InChI=1S/C18H26N2O2/c1-2-12-20(13-14-21)18(22)19-17-10-8-16(9-11-17)15-6-4-3-5-7-15/h2-7,16-17,21H,1,8-14H2,(H,19,22). The lowest BCUT2D eigenvalue weighted by atomic mass is 9.82. The summed E-state index contributed by atoms with van der Waals surface area (Å²) in [5, 5.41) is 12.1. The van der Waals surface area contributed by atoms with Crippen molar-refractivity contribution in [2.24, 2.45) is 0 Å². The van der Waals surface area contributed by atoms with Gasteiger partial charge in [0.25, 0.3) is 0 Å². The number of amides is 2. The predicted molar refractivity (Wildman–Crippen MR) is 88.8 cm³/mol. The maximum absolute atomic E-state index is 12.2. The fourth-order valence-electron chi connectivity index (χ4n) is 3.11. The van der Waals surface area contributed by atoms with Crippen LogP contribution >= 0.6 is 0 Å². The molecule has 1 aliphatic carbocycles. The van der Waals surface area contributed by atoms with E-state index in [1.165, 1.54) is 5.56 Å². The van der Waals surface area contributed by atoms with Gasteiger partial charge in [-0.1, -0.05) is 36.4 Å². The number of hydrogen-bond donors (Lipinski definition) is 2. The number of aliphatic hydroxyl groups excluding tert-OH is 1. The molecule has 22 heavy (non-hydrogen) atoms. The third kappa shape index (κ3) is 4.60. The number of carbonyl (C=O) groups is 1. The summed E-state index contributed by atoms with van der Waals surface area (Å²) in [6, 6.07) is 10.7. The first-order valence-corrected chi connectivity index (χ1v) is 8.06. The number of benzene rings is 1. The molecule has 0 atom stereocenters. The van der Waals surface area contributed by atoms with Crippen molar-refractivity contribution in [3.05, 3.63) is 48.6 Å². The molecule has 0 spiro atoms. The van der Waals surface area contributed by atoms with E-state index < -0.39 is 0 Å². The van der Waals surface area contributed by atoms with Crippen molar-refractivity contribution in [3.8, 4) is 0 Å². The molecule has 2 rings (SSSR count). The van der Waals surface area contributed by atoms with Gasteiger partial charge in [0.15, 0.2) is 0 Å². The first-order chi connectivity index (χ1) is 10.7. The van der Waals surface area contributed by atoms with Crippen molar-refractivity contribution in [2.45, 2.75) is 37.6 Å². The summed E-state index contributed by atoms with van der Waals surface area (Å²) < 4.78 is 0. The lowest BCUT2D eigenvalue weighted by Crippen LogP contribution is -2.46. The number of hydrogen-bond acceptors (Lipinski definition) is 2. The number of carbonyl (C=O) groups excluding carboxylic acids is 1. The van der Waals surface area contributed by atoms with Gasteiger partial charge in [0, 0.05) is 19.1 Å². The second-order valence-electron chi connectivity index (χ2n) is 5.87. The molecular formula is C18H26N2O2. The Morgan fingerprint density at radius 3 is 2.55 bits per heavy atom. The smallest absolute Gasteiger partial charge is 0.317 e. The highest BCUT2D eigenvalue weighted by Crippen LogP contribution is 2.32. The molecule has 1 aromatic rings. The Labute approximate surface area is 132 Å². The molecule has 0 aromatic heterocycles. The average molecular weight is 302 g/mol. The maximum atomic E-state index is 12.2. The Balaban J connectivity index is 1.81. The number of nitrogens with one attached hydrogen (secondary N) is 1. The van der Waals surface area contributed by atoms with Gasteiger partial charge in [-0.25, -0.2) is 4.79 Å². The normalized spacial score (nSPS) is 21.1. The zero-order valence-corrected chi connectivity index (χ0v) is 13.1. The number of nitrogens with zero attached hydrogens (tertiary/aromatic N) is 1. The SMILES string of the molecule is C=CCN(CCO)C(=O)NC1CCC(c2ccccc2)CC1. The van der Waals surface area contributed by atoms with Crippen LogP contribution < -0.4 is 5.32 Å². The zero-order valence-electron chi connectivity index (χ0n) is 13.1. The number of urea groups is 1. The fourth-order valence-corrected chi connectivity index (χ4v) is 3.11. The van der Waals surface area contributed by atoms with Gasteiger partial charge in [-0.3, -0.25) is 0 Å². The van der Waals surface area contributed by atoms with Gasteiger partial charge in [0.1, 0.15) is 0 Å². The highest BCUT2D eigenvalue weighted by atomic mass is 16.3. The van der Waals surface area contributed by atoms with E-state index in [0.717, 1.165) is 25.7 Å². The topological polar surface area (TPSA) is 52.6 Å². The molecule has 0 heterocycles. The molecular weight excluding hydrogens is 276 g/mol. The molecule has 120 valence electrons. The summed E-state index contributed by atoms with van der Waals surface area (Å²) in [6.45, 7) is 4.43. The zero-order chi connectivity index (χ0) is 15.8. The summed E-state index contributed by atoms with van der Waals surface area (Å²) in [5.41, 5.74) is 1.40. The van der Waals surface area contributed by atoms with Gasteiger partial charge in [-0.15, -0.1) is 6.58 Å². The van der Waals surface area contributed by atoms with Crippen LogP contribution in [-0.4, -0.2) is 41.8 Å². The highest BCUT2D eigenvalue weighted by molar-refractivity contribution is 5.74. The minimum absolute atomic E-state index is 0.0258.